The van der Waals surface area contributed by atoms with Crippen LogP contribution in [0.3, 0.4) is 0 Å². The number of piperidine rings is 1. The van der Waals surface area contributed by atoms with Gasteiger partial charge in [0.15, 0.2) is 0 Å². The smallest absolute Gasteiger partial charge is 0.253 e. The summed E-state index contributed by atoms with van der Waals surface area (Å²) in [5.41, 5.74) is 2.57. The Morgan fingerprint density at radius 3 is 2.93 bits per heavy atom. The van der Waals surface area contributed by atoms with Crippen LogP contribution in [0.15, 0.2) is 55.1 Å². The number of amides is 2. The summed E-state index contributed by atoms with van der Waals surface area (Å²) in [7, 11) is 0. The topological polar surface area (TPSA) is 80.1 Å². The first-order valence-corrected chi connectivity index (χ1v) is 9.56. The van der Waals surface area contributed by atoms with Crippen molar-refractivity contribution < 1.29 is 9.59 Å². The van der Waals surface area contributed by atoms with Gasteiger partial charge in [0, 0.05) is 32.0 Å². The molecule has 0 spiro atoms. The quantitative estimate of drug-likeness (QED) is 0.738. The van der Waals surface area contributed by atoms with E-state index in [1.54, 1.807) is 18.3 Å². The average molecular weight is 377 g/mol. The standard InChI is InChI=1S/C21H23N5O2/c27-20(12-23-21(28)17-6-3-9-22-11-17)25-10-4-5-16(13-25)14-26-15-24-18-7-1-2-8-19(18)26/h1-3,6-9,11,15-16H,4-5,10,12-14H2,(H,23,28). The number of nitrogens with one attached hydrogen (secondary N) is 1. The summed E-state index contributed by atoms with van der Waals surface area (Å²) in [5.74, 6) is 0.0571. The summed E-state index contributed by atoms with van der Waals surface area (Å²) in [6.45, 7) is 2.29. The summed E-state index contributed by atoms with van der Waals surface area (Å²) in [5, 5.41) is 2.70. The van der Waals surface area contributed by atoms with Crippen LogP contribution in [-0.2, 0) is 11.3 Å². The molecule has 1 aliphatic rings. The minimum atomic E-state index is -0.278. The molecule has 7 nitrogen and oxygen atoms in total. The van der Waals surface area contributed by atoms with Crippen molar-refractivity contribution in [2.75, 3.05) is 19.6 Å². The third kappa shape index (κ3) is 4.03. The summed E-state index contributed by atoms with van der Waals surface area (Å²) >= 11 is 0. The van der Waals surface area contributed by atoms with E-state index in [-0.39, 0.29) is 18.4 Å². The minimum absolute atomic E-state index is 0.00839. The van der Waals surface area contributed by atoms with Gasteiger partial charge in [-0.25, -0.2) is 4.98 Å². The number of aromatic nitrogens is 3. The maximum absolute atomic E-state index is 12.6. The number of fused-ring (bicyclic) bond motifs is 1. The van der Waals surface area contributed by atoms with Crippen molar-refractivity contribution in [2.45, 2.75) is 19.4 Å². The number of hydrogen-bond donors (Lipinski definition) is 1. The summed E-state index contributed by atoms with van der Waals surface area (Å²) in [6.07, 6.45) is 7.03. The lowest BCUT2D eigenvalue weighted by molar-refractivity contribution is -0.132. The largest absolute Gasteiger partial charge is 0.343 e. The van der Waals surface area contributed by atoms with E-state index in [4.69, 9.17) is 0 Å². The molecule has 3 aromatic rings. The van der Waals surface area contributed by atoms with Crippen LogP contribution in [0.25, 0.3) is 11.0 Å². The van der Waals surface area contributed by atoms with Crippen molar-refractivity contribution in [3.8, 4) is 0 Å². The van der Waals surface area contributed by atoms with Crippen molar-refractivity contribution >= 4 is 22.8 Å². The van der Waals surface area contributed by atoms with Crippen molar-refractivity contribution in [1.29, 1.82) is 0 Å². The molecule has 1 fully saturated rings. The van der Waals surface area contributed by atoms with Gasteiger partial charge in [0.2, 0.25) is 5.91 Å². The fraction of sp³-hybridized carbons (Fsp3) is 0.333. The molecule has 2 amide bonds. The molecule has 2 aromatic heterocycles. The lowest BCUT2D eigenvalue weighted by Crippen LogP contribution is -2.45. The Balaban J connectivity index is 1.33. The molecule has 144 valence electrons. The van der Waals surface area contributed by atoms with Crippen LogP contribution in [0.1, 0.15) is 23.2 Å². The molecule has 1 saturated heterocycles. The van der Waals surface area contributed by atoms with Gasteiger partial charge in [-0.15, -0.1) is 0 Å². The summed E-state index contributed by atoms with van der Waals surface area (Å²) < 4.78 is 2.16. The van der Waals surface area contributed by atoms with Crippen LogP contribution >= 0.6 is 0 Å². The molecule has 7 heteroatoms. The van der Waals surface area contributed by atoms with E-state index in [0.29, 0.717) is 18.0 Å². The highest BCUT2D eigenvalue weighted by molar-refractivity contribution is 5.96. The molecule has 0 aliphatic carbocycles. The summed E-state index contributed by atoms with van der Waals surface area (Å²) in [6, 6.07) is 11.5. The van der Waals surface area contributed by atoms with Crippen LogP contribution in [-0.4, -0.2) is 50.9 Å². The van der Waals surface area contributed by atoms with Gasteiger partial charge in [-0.1, -0.05) is 12.1 Å². The SMILES string of the molecule is O=C(NCC(=O)N1CCCC(Cn2cnc3ccccc32)C1)c1cccnc1. The summed E-state index contributed by atoms with van der Waals surface area (Å²) in [4.78, 5) is 34.9. The minimum Gasteiger partial charge on any atom is -0.343 e. The molecular formula is C21H23N5O2. The predicted molar refractivity (Wildman–Crippen MR) is 106 cm³/mol. The number of imidazole rings is 1. The van der Waals surface area contributed by atoms with Crippen LogP contribution in [0.2, 0.25) is 0 Å². The monoisotopic (exact) mass is 377 g/mol. The van der Waals surface area contributed by atoms with Crippen molar-refractivity contribution in [1.82, 2.24) is 24.8 Å². The number of pyridine rings is 1. The fourth-order valence-electron chi connectivity index (χ4n) is 3.74. The Morgan fingerprint density at radius 2 is 2.07 bits per heavy atom. The number of benzene rings is 1. The molecule has 28 heavy (non-hydrogen) atoms. The molecule has 1 aromatic carbocycles. The van der Waals surface area contributed by atoms with Gasteiger partial charge in [-0.3, -0.25) is 14.6 Å². The highest BCUT2D eigenvalue weighted by Crippen LogP contribution is 2.21. The normalized spacial score (nSPS) is 16.9. The molecule has 1 atom stereocenters. The van der Waals surface area contributed by atoms with Gasteiger partial charge in [-0.05, 0) is 43.0 Å². The fourth-order valence-corrected chi connectivity index (χ4v) is 3.74. The molecule has 0 bridgehead atoms. The van der Waals surface area contributed by atoms with Crippen molar-refractivity contribution in [3.05, 3.63) is 60.7 Å². The van der Waals surface area contributed by atoms with E-state index in [1.165, 1.54) is 6.20 Å². The number of hydrogen-bond acceptors (Lipinski definition) is 4. The van der Waals surface area contributed by atoms with Gasteiger partial charge < -0.3 is 14.8 Å². The second-order valence-electron chi connectivity index (χ2n) is 7.16. The highest BCUT2D eigenvalue weighted by atomic mass is 16.2. The number of carbonyl (C=O) groups is 2. The number of nitrogens with zero attached hydrogens (tertiary/aromatic N) is 4. The van der Waals surface area contributed by atoms with Crippen LogP contribution in [0.5, 0.6) is 0 Å². The first kappa shape index (κ1) is 18.2. The average Bonchev–Trinajstić information content (AvgIpc) is 3.15. The molecule has 0 radical (unpaired) electrons. The first-order valence-electron chi connectivity index (χ1n) is 9.56. The second kappa shape index (κ2) is 8.21. The van der Waals surface area contributed by atoms with Crippen LogP contribution < -0.4 is 5.32 Å². The lowest BCUT2D eigenvalue weighted by Gasteiger charge is -2.33. The number of carbonyl (C=O) groups excluding carboxylic acids is 2. The molecule has 4 rings (SSSR count). The Hall–Kier alpha value is -3.22. The van der Waals surface area contributed by atoms with Gasteiger partial charge in [-0.2, -0.15) is 0 Å². The lowest BCUT2D eigenvalue weighted by atomic mass is 9.97. The van der Waals surface area contributed by atoms with Gasteiger partial charge in [0.1, 0.15) is 0 Å². The van der Waals surface area contributed by atoms with Crippen LogP contribution in [0, 0.1) is 5.92 Å². The third-order valence-corrected chi connectivity index (χ3v) is 5.18. The second-order valence-corrected chi connectivity index (χ2v) is 7.16. The van der Waals surface area contributed by atoms with Gasteiger partial charge in [0.05, 0.1) is 29.5 Å². The molecule has 1 aliphatic heterocycles. The van der Waals surface area contributed by atoms with Crippen molar-refractivity contribution in [3.63, 3.8) is 0 Å². The highest BCUT2D eigenvalue weighted by Gasteiger charge is 2.24. The van der Waals surface area contributed by atoms with E-state index in [1.807, 2.05) is 29.4 Å². The first-order chi connectivity index (χ1) is 13.7. The number of para-hydroxylation sites is 2. The molecule has 0 saturated carbocycles. The van der Waals surface area contributed by atoms with Gasteiger partial charge in [0.25, 0.3) is 5.91 Å². The Morgan fingerprint density at radius 1 is 1.18 bits per heavy atom. The van der Waals surface area contributed by atoms with E-state index >= 15 is 0 Å². The zero-order valence-electron chi connectivity index (χ0n) is 15.6. The predicted octanol–water partition coefficient (Wildman–Crippen LogP) is 2.10. The van der Waals surface area contributed by atoms with Crippen molar-refractivity contribution in [2.24, 2.45) is 5.92 Å². The maximum Gasteiger partial charge on any atom is 0.253 e. The van der Waals surface area contributed by atoms with E-state index in [0.717, 1.165) is 37.0 Å². The zero-order chi connectivity index (χ0) is 19.3. The van der Waals surface area contributed by atoms with Crippen LogP contribution in [0.4, 0.5) is 0 Å². The van der Waals surface area contributed by atoms with E-state index < -0.39 is 0 Å². The molecule has 1 unspecified atom stereocenters. The molecule has 1 N–H and O–H groups in total. The van der Waals surface area contributed by atoms with Gasteiger partial charge >= 0.3 is 0 Å². The Kier molecular flexibility index (Phi) is 5.32. The van der Waals surface area contributed by atoms with E-state index in [9.17, 15) is 9.59 Å². The molecular weight excluding hydrogens is 354 g/mol. The van der Waals surface area contributed by atoms with E-state index in [2.05, 4.69) is 25.9 Å². The Labute approximate surface area is 163 Å². The Bertz CT molecular complexity index is 969. The zero-order valence-corrected chi connectivity index (χ0v) is 15.6. The third-order valence-electron chi connectivity index (χ3n) is 5.18. The molecule has 3 heterocycles. The maximum atomic E-state index is 12.6. The number of likely N-dealkylation sites (tertiary alicyclic amines) is 1. The number of rotatable bonds is 5.